The van der Waals surface area contributed by atoms with E-state index in [9.17, 15) is 10.1 Å². The Hall–Kier alpha value is -1.72. The van der Waals surface area contributed by atoms with Crippen LogP contribution in [0.1, 0.15) is 17.4 Å². The Morgan fingerprint density at radius 3 is 2.65 bits per heavy atom. The fraction of sp³-hybridized carbons (Fsp3) is 0.333. The molecule has 4 nitrogen and oxygen atoms in total. The molecule has 0 fully saturated rings. The molecule has 0 aliphatic carbocycles. The summed E-state index contributed by atoms with van der Waals surface area (Å²) in [6.07, 6.45) is 1.92. The van der Waals surface area contributed by atoms with Gasteiger partial charge in [0.05, 0.1) is 4.92 Å². The third kappa shape index (κ3) is 4.43. The van der Waals surface area contributed by atoms with Gasteiger partial charge in [0.2, 0.25) is 0 Å². The van der Waals surface area contributed by atoms with Gasteiger partial charge in [-0.3, -0.25) is 10.1 Å². The molecule has 2 aromatic rings. The number of nitrogens with zero attached hydrogens (tertiary/aromatic N) is 1. The first-order valence-corrected chi connectivity index (χ1v) is 7.52. The summed E-state index contributed by atoms with van der Waals surface area (Å²) in [4.78, 5) is 11.6. The maximum atomic E-state index is 10.6. The van der Waals surface area contributed by atoms with Crippen molar-refractivity contribution in [1.82, 2.24) is 5.32 Å². The zero-order chi connectivity index (χ0) is 14.4. The summed E-state index contributed by atoms with van der Waals surface area (Å²) in [5, 5.41) is 16.1. The Bertz CT molecular complexity index is 538. The molecule has 0 aliphatic rings. The van der Waals surface area contributed by atoms with Gasteiger partial charge < -0.3 is 5.32 Å². The molecule has 1 aromatic carbocycles. The second kappa shape index (κ2) is 7.17. The number of non-ortho nitro benzene ring substituents is 1. The SMILES string of the molecule is CC(Cc1cccs1)NCCc1ccc([N+](=O)[O-])cc1. The molecule has 1 unspecified atom stereocenters. The van der Waals surface area contributed by atoms with Gasteiger partial charge in [0.15, 0.2) is 0 Å². The minimum absolute atomic E-state index is 0.146. The highest BCUT2D eigenvalue weighted by Crippen LogP contribution is 2.13. The van der Waals surface area contributed by atoms with Crippen molar-refractivity contribution in [3.8, 4) is 0 Å². The first kappa shape index (κ1) is 14.7. The van der Waals surface area contributed by atoms with Gasteiger partial charge in [0, 0.05) is 23.1 Å². The maximum absolute atomic E-state index is 10.6. The normalized spacial score (nSPS) is 12.2. The summed E-state index contributed by atoms with van der Waals surface area (Å²) in [6.45, 7) is 3.06. The van der Waals surface area contributed by atoms with Crippen LogP contribution >= 0.6 is 11.3 Å². The minimum Gasteiger partial charge on any atom is -0.314 e. The van der Waals surface area contributed by atoms with E-state index in [4.69, 9.17) is 0 Å². The Morgan fingerprint density at radius 2 is 2.05 bits per heavy atom. The van der Waals surface area contributed by atoms with Crippen LogP contribution in [0.3, 0.4) is 0 Å². The number of rotatable bonds is 7. The molecule has 106 valence electrons. The minimum atomic E-state index is -0.370. The van der Waals surface area contributed by atoms with Crippen LogP contribution in [0.15, 0.2) is 41.8 Å². The quantitative estimate of drug-likeness (QED) is 0.628. The van der Waals surface area contributed by atoms with Crippen LogP contribution in [0.4, 0.5) is 5.69 Å². The van der Waals surface area contributed by atoms with Gasteiger partial charge in [-0.2, -0.15) is 0 Å². The van der Waals surface area contributed by atoms with E-state index < -0.39 is 0 Å². The molecule has 0 spiro atoms. The Kier molecular flexibility index (Phi) is 5.26. The maximum Gasteiger partial charge on any atom is 0.269 e. The van der Waals surface area contributed by atoms with Gasteiger partial charge in [-0.15, -0.1) is 11.3 Å². The van der Waals surface area contributed by atoms with Gasteiger partial charge in [0.1, 0.15) is 0 Å². The number of hydrogen-bond donors (Lipinski definition) is 1. The van der Waals surface area contributed by atoms with Crippen LogP contribution in [-0.2, 0) is 12.8 Å². The first-order chi connectivity index (χ1) is 9.65. The summed E-state index contributed by atoms with van der Waals surface area (Å²) >= 11 is 1.78. The second-order valence-corrected chi connectivity index (χ2v) is 5.84. The lowest BCUT2D eigenvalue weighted by Gasteiger charge is -2.12. The van der Waals surface area contributed by atoms with E-state index in [2.05, 4.69) is 29.8 Å². The standard InChI is InChI=1S/C15H18N2O2S/c1-12(11-15-3-2-10-20-15)16-9-8-13-4-6-14(7-5-13)17(18)19/h2-7,10,12,16H,8-9,11H2,1H3. The van der Waals surface area contributed by atoms with Crippen LogP contribution in [0.25, 0.3) is 0 Å². The average molecular weight is 290 g/mol. The van der Waals surface area contributed by atoms with Crippen LogP contribution in [-0.4, -0.2) is 17.5 Å². The van der Waals surface area contributed by atoms with Crippen molar-refractivity contribution in [1.29, 1.82) is 0 Å². The highest BCUT2D eigenvalue weighted by molar-refractivity contribution is 7.09. The van der Waals surface area contributed by atoms with Crippen molar-refractivity contribution in [2.75, 3.05) is 6.54 Å². The van der Waals surface area contributed by atoms with Crippen LogP contribution in [0.2, 0.25) is 0 Å². The summed E-state index contributed by atoms with van der Waals surface area (Å²) in [6, 6.07) is 11.4. The number of thiophene rings is 1. The summed E-state index contributed by atoms with van der Waals surface area (Å²) < 4.78 is 0. The van der Waals surface area contributed by atoms with Crippen molar-refractivity contribution in [3.63, 3.8) is 0 Å². The number of nitro benzene ring substituents is 1. The molecule has 0 bridgehead atoms. The lowest BCUT2D eigenvalue weighted by molar-refractivity contribution is -0.384. The molecular formula is C15H18N2O2S. The number of benzene rings is 1. The fourth-order valence-electron chi connectivity index (χ4n) is 2.05. The van der Waals surface area contributed by atoms with Crippen molar-refractivity contribution in [2.24, 2.45) is 0 Å². The Morgan fingerprint density at radius 1 is 1.30 bits per heavy atom. The monoisotopic (exact) mass is 290 g/mol. The molecule has 2 rings (SSSR count). The first-order valence-electron chi connectivity index (χ1n) is 6.64. The summed E-state index contributed by atoms with van der Waals surface area (Å²) in [5.74, 6) is 0. The van der Waals surface area contributed by atoms with E-state index >= 15 is 0 Å². The lowest BCUT2D eigenvalue weighted by Crippen LogP contribution is -2.29. The summed E-state index contributed by atoms with van der Waals surface area (Å²) in [7, 11) is 0. The van der Waals surface area contributed by atoms with Gasteiger partial charge >= 0.3 is 0 Å². The molecule has 5 heteroatoms. The van der Waals surface area contributed by atoms with E-state index in [1.54, 1.807) is 23.5 Å². The largest absolute Gasteiger partial charge is 0.314 e. The summed E-state index contributed by atoms with van der Waals surface area (Å²) in [5.41, 5.74) is 1.26. The number of nitro groups is 1. The Labute approximate surface area is 122 Å². The smallest absolute Gasteiger partial charge is 0.269 e. The van der Waals surface area contributed by atoms with Crippen molar-refractivity contribution < 1.29 is 4.92 Å². The topological polar surface area (TPSA) is 55.2 Å². The third-order valence-electron chi connectivity index (χ3n) is 3.14. The van der Waals surface area contributed by atoms with E-state index in [-0.39, 0.29) is 10.6 Å². The van der Waals surface area contributed by atoms with E-state index in [0.29, 0.717) is 6.04 Å². The molecule has 1 atom stereocenters. The van der Waals surface area contributed by atoms with Crippen LogP contribution < -0.4 is 5.32 Å². The highest BCUT2D eigenvalue weighted by Gasteiger charge is 2.05. The van der Waals surface area contributed by atoms with Crippen LogP contribution in [0.5, 0.6) is 0 Å². The Balaban J connectivity index is 1.73. The number of hydrogen-bond acceptors (Lipinski definition) is 4. The van der Waals surface area contributed by atoms with E-state index in [0.717, 1.165) is 24.9 Å². The lowest BCUT2D eigenvalue weighted by atomic mass is 10.1. The zero-order valence-electron chi connectivity index (χ0n) is 11.4. The molecule has 1 heterocycles. The van der Waals surface area contributed by atoms with Crippen molar-refractivity contribution in [2.45, 2.75) is 25.8 Å². The predicted molar refractivity (Wildman–Crippen MR) is 82.3 cm³/mol. The van der Waals surface area contributed by atoms with E-state index in [1.165, 1.54) is 4.88 Å². The molecule has 1 aromatic heterocycles. The molecule has 20 heavy (non-hydrogen) atoms. The number of nitrogens with one attached hydrogen (secondary N) is 1. The van der Waals surface area contributed by atoms with Gasteiger partial charge in [-0.05, 0) is 43.3 Å². The van der Waals surface area contributed by atoms with E-state index in [1.807, 2.05) is 12.1 Å². The van der Waals surface area contributed by atoms with Crippen molar-refractivity contribution >= 4 is 17.0 Å². The molecule has 0 saturated heterocycles. The molecule has 0 aliphatic heterocycles. The van der Waals surface area contributed by atoms with Gasteiger partial charge in [-0.25, -0.2) is 0 Å². The predicted octanol–water partition coefficient (Wildman–Crippen LogP) is 3.42. The van der Waals surface area contributed by atoms with Gasteiger partial charge in [-0.1, -0.05) is 18.2 Å². The third-order valence-corrected chi connectivity index (χ3v) is 4.04. The molecule has 1 N–H and O–H groups in total. The van der Waals surface area contributed by atoms with Gasteiger partial charge in [0.25, 0.3) is 5.69 Å². The molecule has 0 radical (unpaired) electrons. The second-order valence-electron chi connectivity index (χ2n) is 4.81. The molecule has 0 saturated carbocycles. The van der Waals surface area contributed by atoms with Crippen molar-refractivity contribution in [3.05, 3.63) is 62.3 Å². The average Bonchev–Trinajstić information content (AvgIpc) is 2.92. The fourth-order valence-corrected chi connectivity index (χ4v) is 2.89. The zero-order valence-corrected chi connectivity index (χ0v) is 12.2. The molecular weight excluding hydrogens is 272 g/mol. The molecule has 0 amide bonds. The van der Waals surface area contributed by atoms with Crippen LogP contribution in [0, 0.1) is 10.1 Å². The highest BCUT2D eigenvalue weighted by atomic mass is 32.1.